The fraction of sp³-hybridized carbons (Fsp3) is 0.400. The van der Waals surface area contributed by atoms with Crippen molar-refractivity contribution < 1.29 is 4.74 Å². The molecule has 1 heterocycles. The second-order valence-electron chi connectivity index (χ2n) is 4.82. The maximum Gasteiger partial charge on any atom is 0.328 e. The van der Waals surface area contributed by atoms with Crippen LogP contribution in [0.15, 0.2) is 18.2 Å². The van der Waals surface area contributed by atoms with Crippen molar-refractivity contribution in [1.29, 1.82) is 0 Å². The maximum absolute atomic E-state index is 5.76. The Kier molecular flexibility index (Phi) is 4.57. The number of nitrogen functional groups attached to an aromatic ring is 1. The molecule has 6 heteroatoms. The molecular weight excluding hydrogens is 266 g/mol. The summed E-state index contributed by atoms with van der Waals surface area (Å²) in [6, 6.07) is 6.15. The minimum Gasteiger partial charge on any atom is -0.424 e. The van der Waals surface area contributed by atoms with Gasteiger partial charge in [-0.1, -0.05) is 17.7 Å². The fourth-order valence-electron chi connectivity index (χ4n) is 2.07. The highest BCUT2D eigenvalue weighted by molar-refractivity contribution is 5.40. The van der Waals surface area contributed by atoms with Gasteiger partial charge in [-0.2, -0.15) is 15.0 Å². The van der Waals surface area contributed by atoms with Gasteiger partial charge in [-0.25, -0.2) is 0 Å². The molecular formula is C15H21N5O. The molecule has 0 aliphatic heterocycles. The average molecular weight is 287 g/mol. The predicted octanol–water partition coefficient (Wildman–Crippen LogP) is 2.71. The predicted molar refractivity (Wildman–Crippen MR) is 83.8 cm³/mol. The van der Waals surface area contributed by atoms with Gasteiger partial charge in [0.15, 0.2) is 0 Å². The molecule has 0 amide bonds. The Hall–Kier alpha value is -2.37. The molecule has 0 fully saturated rings. The van der Waals surface area contributed by atoms with Gasteiger partial charge >= 0.3 is 6.01 Å². The van der Waals surface area contributed by atoms with E-state index in [-0.39, 0.29) is 12.0 Å². The van der Waals surface area contributed by atoms with Crippen molar-refractivity contribution in [3.05, 3.63) is 29.3 Å². The van der Waals surface area contributed by atoms with Gasteiger partial charge in [-0.05, 0) is 39.3 Å². The Bertz CT molecular complexity index is 625. The van der Waals surface area contributed by atoms with Crippen LogP contribution >= 0.6 is 0 Å². The van der Waals surface area contributed by atoms with Gasteiger partial charge in [0.05, 0.1) is 0 Å². The third kappa shape index (κ3) is 3.59. The van der Waals surface area contributed by atoms with Crippen molar-refractivity contribution in [2.75, 3.05) is 23.7 Å². The first-order chi connectivity index (χ1) is 10.0. The van der Waals surface area contributed by atoms with Crippen LogP contribution < -0.4 is 15.4 Å². The van der Waals surface area contributed by atoms with E-state index in [2.05, 4.69) is 15.0 Å². The Balaban J connectivity index is 2.31. The van der Waals surface area contributed by atoms with Gasteiger partial charge in [0.25, 0.3) is 0 Å². The molecule has 1 aromatic heterocycles. The highest BCUT2D eigenvalue weighted by Gasteiger charge is 2.12. The van der Waals surface area contributed by atoms with Crippen molar-refractivity contribution in [3.63, 3.8) is 0 Å². The van der Waals surface area contributed by atoms with Crippen LogP contribution in [0.25, 0.3) is 0 Å². The zero-order valence-corrected chi connectivity index (χ0v) is 12.9. The SMILES string of the molecule is CCN(CC)c1nc(N)nc(Oc2ccc(C)cc2C)n1. The van der Waals surface area contributed by atoms with Crippen LogP contribution in [-0.4, -0.2) is 28.0 Å². The molecule has 0 saturated heterocycles. The lowest BCUT2D eigenvalue weighted by Gasteiger charge is -2.18. The Morgan fingerprint density at radius 1 is 1.10 bits per heavy atom. The first-order valence-corrected chi connectivity index (χ1v) is 7.05. The average Bonchev–Trinajstić information content (AvgIpc) is 2.43. The maximum atomic E-state index is 5.76. The summed E-state index contributed by atoms with van der Waals surface area (Å²) in [7, 11) is 0. The molecule has 2 rings (SSSR count). The van der Waals surface area contributed by atoms with E-state index < -0.39 is 0 Å². The lowest BCUT2D eigenvalue weighted by molar-refractivity contribution is 0.437. The second-order valence-corrected chi connectivity index (χ2v) is 4.82. The standard InChI is InChI=1S/C15H21N5O/c1-5-20(6-2)14-17-13(16)18-15(19-14)21-12-8-7-10(3)9-11(12)4/h7-9H,5-6H2,1-4H3,(H2,16,17,18,19). The number of aryl methyl sites for hydroxylation is 2. The largest absolute Gasteiger partial charge is 0.424 e. The summed E-state index contributed by atoms with van der Waals surface area (Å²) in [5.74, 6) is 1.41. The minimum absolute atomic E-state index is 0.159. The monoisotopic (exact) mass is 287 g/mol. The zero-order chi connectivity index (χ0) is 15.4. The van der Waals surface area contributed by atoms with Gasteiger partial charge in [-0.3, -0.25) is 0 Å². The number of nitrogens with zero attached hydrogens (tertiary/aromatic N) is 4. The normalized spacial score (nSPS) is 10.5. The van der Waals surface area contributed by atoms with E-state index in [1.165, 1.54) is 5.56 Å². The molecule has 0 bridgehead atoms. The Labute approximate surface area is 125 Å². The van der Waals surface area contributed by atoms with Crippen molar-refractivity contribution in [2.24, 2.45) is 0 Å². The van der Waals surface area contributed by atoms with E-state index in [0.717, 1.165) is 24.4 Å². The zero-order valence-electron chi connectivity index (χ0n) is 12.9. The third-order valence-electron chi connectivity index (χ3n) is 3.20. The summed E-state index contributed by atoms with van der Waals surface area (Å²) in [6.07, 6.45) is 0. The molecule has 0 aliphatic carbocycles. The van der Waals surface area contributed by atoms with Crippen molar-refractivity contribution in [2.45, 2.75) is 27.7 Å². The van der Waals surface area contributed by atoms with Crippen LogP contribution in [0.5, 0.6) is 11.8 Å². The summed E-state index contributed by atoms with van der Waals surface area (Å²) < 4.78 is 5.76. The van der Waals surface area contributed by atoms with Crippen LogP contribution in [0.4, 0.5) is 11.9 Å². The van der Waals surface area contributed by atoms with Crippen LogP contribution in [0.1, 0.15) is 25.0 Å². The van der Waals surface area contributed by atoms with E-state index in [1.54, 1.807) is 0 Å². The molecule has 0 saturated carbocycles. The van der Waals surface area contributed by atoms with Crippen molar-refractivity contribution in [3.8, 4) is 11.8 Å². The molecule has 112 valence electrons. The van der Waals surface area contributed by atoms with Crippen LogP contribution in [0.2, 0.25) is 0 Å². The topological polar surface area (TPSA) is 77.2 Å². The molecule has 2 aromatic rings. The van der Waals surface area contributed by atoms with Gasteiger partial charge < -0.3 is 15.4 Å². The molecule has 0 unspecified atom stereocenters. The molecule has 21 heavy (non-hydrogen) atoms. The molecule has 0 spiro atoms. The summed E-state index contributed by atoms with van der Waals surface area (Å²) in [6.45, 7) is 9.68. The highest BCUT2D eigenvalue weighted by Crippen LogP contribution is 2.24. The number of anilines is 2. The quantitative estimate of drug-likeness (QED) is 0.911. The number of aromatic nitrogens is 3. The van der Waals surface area contributed by atoms with E-state index >= 15 is 0 Å². The number of ether oxygens (including phenoxy) is 1. The smallest absolute Gasteiger partial charge is 0.328 e. The summed E-state index contributed by atoms with van der Waals surface area (Å²) in [5, 5.41) is 0. The van der Waals surface area contributed by atoms with Crippen LogP contribution in [0.3, 0.4) is 0 Å². The molecule has 6 nitrogen and oxygen atoms in total. The lowest BCUT2D eigenvalue weighted by atomic mass is 10.1. The van der Waals surface area contributed by atoms with Gasteiger partial charge in [-0.15, -0.1) is 0 Å². The number of benzene rings is 1. The second kappa shape index (κ2) is 6.39. The third-order valence-corrected chi connectivity index (χ3v) is 3.20. The fourth-order valence-corrected chi connectivity index (χ4v) is 2.07. The molecule has 0 atom stereocenters. The lowest BCUT2D eigenvalue weighted by Crippen LogP contribution is -2.25. The number of rotatable bonds is 5. The van der Waals surface area contributed by atoms with E-state index in [0.29, 0.717) is 5.95 Å². The molecule has 0 aliphatic rings. The van der Waals surface area contributed by atoms with E-state index in [9.17, 15) is 0 Å². The number of nitrogens with two attached hydrogens (primary N) is 1. The van der Waals surface area contributed by atoms with Crippen molar-refractivity contribution in [1.82, 2.24) is 15.0 Å². The number of hydrogen-bond acceptors (Lipinski definition) is 6. The summed E-state index contributed by atoms with van der Waals surface area (Å²) in [5.41, 5.74) is 7.96. The first-order valence-electron chi connectivity index (χ1n) is 7.05. The van der Waals surface area contributed by atoms with E-state index in [4.69, 9.17) is 10.5 Å². The number of hydrogen-bond donors (Lipinski definition) is 1. The first kappa shape index (κ1) is 15.0. The summed E-state index contributed by atoms with van der Waals surface area (Å²) in [4.78, 5) is 14.5. The molecule has 1 aromatic carbocycles. The minimum atomic E-state index is 0.159. The highest BCUT2D eigenvalue weighted by atomic mass is 16.5. The van der Waals surface area contributed by atoms with Gasteiger partial charge in [0.2, 0.25) is 11.9 Å². The van der Waals surface area contributed by atoms with Crippen LogP contribution in [-0.2, 0) is 0 Å². The Morgan fingerprint density at radius 2 is 1.81 bits per heavy atom. The van der Waals surface area contributed by atoms with Gasteiger partial charge in [0.1, 0.15) is 5.75 Å². The molecule has 2 N–H and O–H groups in total. The van der Waals surface area contributed by atoms with Crippen LogP contribution in [0, 0.1) is 13.8 Å². The summed E-state index contributed by atoms with van der Waals surface area (Å²) >= 11 is 0. The molecule has 0 radical (unpaired) electrons. The van der Waals surface area contributed by atoms with E-state index in [1.807, 2.05) is 50.8 Å². The van der Waals surface area contributed by atoms with Gasteiger partial charge in [0, 0.05) is 13.1 Å². The van der Waals surface area contributed by atoms with Crippen molar-refractivity contribution >= 4 is 11.9 Å². The Morgan fingerprint density at radius 3 is 2.43 bits per heavy atom.